The molecule has 3 aromatic rings. The SMILES string of the molecule is COc1cccc(CNc2nccn(-c3cccc(C(F)(F)F)c3)c2=O)c1. The van der Waals surface area contributed by atoms with Crippen molar-refractivity contribution >= 4 is 5.82 Å². The first kappa shape index (κ1) is 18.5. The van der Waals surface area contributed by atoms with E-state index in [1.54, 1.807) is 19.2 Å². The van der Waals surface area contributed by atoms with Crippen LogP contribution in [-0.4, -0.2) is 16.7 Å². The number of aromatic nitrogens is 2. The fraction of sp³-hybridized carbons (Fsp3) is 0.158. The highest BCUT2D eigenvalue weighted by atomic mass is 19.4. The molecule has 0 aliphatic heterocycles. The molecule has 27 heavy (non-hydrogen) atoms. The predicted octanol–water partition coefficient (Wildman–Crippen LogP) is 3.87. The molecule has 8 heteroatoms. The van der Waals surface area contributed by atoms with Gasteiger partial charge in [0.25, 0.3) is 5.56 Å². The van der Waals surface area contributed by atoms with Crippen LogP contribution in [-0.2, 0) is 12.7 Å². The molecule has 0 aliphatic rings. The van der Waals surface area contributed by atoms with Crippen molar-refractivity contribution < 1.29 is 17.9 Å². The minimum Gasteiger partial charge on any atom is -0.497 e. The van der Waals surface area contributed by atoms with Crippen molar-refractivity contribution in [2.24, 2.45) is 0 Å². The number of nitrogens with one attached hydrogen (secondary N) is 1. The Kier molecular flexibility index (Phi) is 5.16. The number of rotatable bonds is 5. The molecule has 1 heterocycles. The van der Waals surface area contributed by atoms with E-state index in [1.165, 1.54) is 24.5 Å². The van der Waals surface area contributed by atoms with Crippen molar-refractivity contribution in [2.75, 3.05) is 12.4 Å². The lowest BCUT2D eigenvalue weighted by molar-refractivity contribution is -0.137. The fourth-order valence-electron chi connectivity index (χ4n) is 2.54. The lowest BCUT2D eigenvalue weighted by atomic mass is 10.2. The summed E-state index contributed by atoms with van der Waals surface area (Å²) >= 11 is 0. The molecule has 0 unspecified atom stereocenters. The number of hydrogen-bond acceptors (Lipinski definition) is 4. The van der Waals surface area contributed by atoms with Crippen LogP contribution >= 0.6 is 0 Å². The van der Waals surface area contributed by atoms with Gasteiger partial charge in [-0.15, -0.1) is 0 Å². The van der Waals surface area contributed by atoms with Crippen molar-refractivity contribution in [3.05, 3.63) is 82.4 Å². The monoisotopic (exact) mass is 375 g/mol. The second-order valence-electron chi connectivity index (χ2n) is 5.70. The number of halogens is 3. The largest absolute Gasteiger partial charge is 0.497 e. The van der Waals surface area contributed by atoms with Crippen molar-refractivity contribution in [2.45, 2.75) is 12.7 Å². The molecular formula is C19H16F3N3O2. The van der Waals surface area contributed by atoms with Gasteiger partial charge in [0.1, 0.15) is 5.75 Å². The van der Waals surface area contributed by atoms with Gasteiger partial charge < -0.3 is 10.1 Å². The van der Waals surface area contributed by atoms with E-state index in [0.29, 0.717) is 12.3 Å². The van der Waals surface area contributed by atoms with Gasteiger partial charge in [-0.1, -0.05) is 18.2 Å². The van der Waals surface area contributed by atoms with Gasteiger partial charge in [0.2, 0.25) is 0 Å². The molecule has 1 N–H and O–H groups in total. The second kappa shape index (κ2) is 7.53. The zero-order valence-corrected chi connectivity index (χ0v) is 14.3. The third-order valence-corrected chi connectivity index (χ3v) is 3.89. The molecule has 0 amide bonds. The molecule has 3 rings (SSSR count). The summed E-state index contributed by atoms with van der Waals surface area (Å²) in [6, 6.07) is 11.8. The van der Waals surface area contributed by atoms with Gasteiger partial charge in [0.05, 0.1) is 12.7 Å². The van der Waals surface area contributed by atoms with Crippen molar-refractivity contribution in [3.63, 3.8) is 0 Å². The summed E-state index contributed by atoms with van der Waals surface area (Å²) in [4.78, 5) is 16.6. The number of nitrogens with zero attached hydrogens (tertiary/aromatic N) is 2. The van der Waals surface area contributed by atoms with Gasteiger partial charge in [-0.2, -0.15) is 13.2 Å². The lowest BCUT2D eigenvalue weighted by Gasteiger charge is -2.12. The average Bonchev–Trinajstić information content (AvgIpc) is 2.67. The highest BCUT2D eigenvalue weighted by Crippen LogP contribution is 2.30. The summed E-state index contributed by atoms with van der Waals surface area (Å²) in [6.45, 7) is 0.312. The molecule has 5 nitrogen and oxygen atoms in total. The Labute approximate surface area is 153 Å². The molecule has 0 aliphatic carbocycles. The van der Waals surface area contributed by atoms with E-state index >= 15 is 0 Å². The van der Waals surface area contributed by atoms with Gasteiger partial charge in [0.15, 0.2) is 5.82 Å². The Balaban J connectivity index is 1.87. The molecule has 0 atom stereocenters. The normalized spacial score (nSPS) is 11.3. The number of benzene rings is 2. The molecule has 0 bridgehead atoms. The van der Waals surface area contributed by atoms with Crippen LogP contribution in [0, 0.1) is 0 Å². The maximum absolute atomic E-state index is 12.9. The summed E-state index contributed by atoms with van der Waals surface area (Å²) in [5.74, 6) is 0.717. The van der Waals surface area contributed by atoms with Gasteiger partial charge in [-0.3, -0.25) is 9.36 Å². The summed E-state index contributed by atoms with van der Waals surface area (Å²) in [5, 5.41) is 2.91. The summed E-state index contributed by atoms with van der Waals surface area (Å²) in [6.07, 6.45) is -1.80. The summed E-state index contributed by atoms with van der Waals surface area (Å²) < 4.78 is 45.0. The first-order valence-electron chi connectivity index (χ1n) is 8.00. The quantitative estimate of drug-likeness (QED) is 0.736. The fourth-order valence-corrected chi connectivity index (χ4v) is 2.54. The van der Waals surface area contributed by atoms with Crippen molar-refractivity contribution in [3.8, 4) is 11.4 Å². The van der Waals surface area contributed by atoms with Crippen LogP contribution in [0.5, 0.6) is 5.75 Å². The van der Waals surface area contributed by atoms with E-state index < -0.39 is 17.3 Å². The molecule has 0 saturated carbocycles. The van der Waals surface area contributed by atoms with E-state index in [4.69, 9.17) is 4.74 Å². The van der Waals surface area contributed by atoms with E-state index in [-0.39, 0.29) is 11.5 Å². The first-order valence-corrected chi connectivity index (χ1v) is 8.00. The van der Waals surface area contributed by atoms with Crippen molar-refractivity contribution in [1.82, 2.24) is 9.55 Å². The van der Waals surface area contributed by atoms with Crippen LogP contribution in [0.25, 0.3) is 5.69 Å². The number of anilines is 1. The van der Waals surface area contributed by atoms with E-state index in [1.807, 2.05) is 12.1 Å². The first-order chi connectivity index (χ1) is 12.9. The smallest absolute Gasteiger partial charge is 0.416 e. The van der Waals surface area contributed by atoms with Crippen LogP contribution in [0.15, 0.2) is 65.7 Å². The Morgan fingerprint density at radius 3 is 2.67 bits per heavy atom. The average molecular weight is 375 g/mol. The highest BCUT2D eigenvalue weighted by molar-refractivity contribution is 5.41. The number of methoxy groups -OCH3 is 1. The van der Waals surface area contributed by atoms with Gasteiger partial charge in [-0.25, -0.2) is 4.98 Å². The zero-order chi connectivity index (χ0) is 19.4. The summed E-state index contributed by atoms with van der Waals surface area (Å²) in [5.41, 5.74) is -0.388. The summed E-state index contributed by atoms with van der Waals surface area (Å²) in [7, 11) is 1.55. The Hall–Kier alpha value is -3.29. The Morgan fingerprint density at radius 2 is 1.93 bits per heavy atom. The van der Waals surface area contributed by atoms with Crippen LogP contribution in [0.3, 0.4) is 0 Å². The third-order valence-electron chi connectivity index (χ3n) is 3.89. The van der Waals surface area contributed by atoms with Crippen LogP contribution < -0.4 is 15.6 Å². The maximum Gasteiger partial charge on any atom is 0.416 e. The number of ether oxygens (including phenoxy) is 1. The third kappa shape index (κ3) is 4.28. The van der Waals surface area contributed by atoms with Gasteiger partial charge in [0, 0.05) is 24.6 Å². The minimum atomic E-state index is -4.49. The molecule has 0 radical (unpaired) electrons. The molecular weight excluding hydrogens is 359 g/mol. The molecule has 2 aromatic carbocycles. The molecule has 0 fully saturated rings. The Bertz CT molecular complexity index is 1000. The molecule has 0 saturated heterocycles. The molecule has 0 spiro atoms. The van der Waals surface area contributed by atoms with Crippen LogP contribution in [0.1, 0.15) is 11.1 Å². The van der Waals surface area contributed by atoms with Crippen LogP contribution in [0.2, 0.25) is 0 Å². The van der Waals surface area contributed by atoms with E-state index in [0.717, 1.165) is 22.3 Å². The Morgan fingerprint density at radius 1 is 1.15 bits per heavy atom. The topological polar surface area (TPSA) is 56.1 Å². The van der Waals surface area contributed by atoms with E-state index in [9.17, 15) is 18.0 Å². The highest BCUT2D eigenvalue weighted by Gasteiger charge is 2.30. The minimum absolute atomic E-state index is 0.0396. The molecule has 1 aromatic heterocycles. The molecule has 140 valence electrons. The van der Waals surface area contributed by atoms with E-state index in [2.05, 4.69) is 10.3 Å². The van der Waals surface area contributed by atoms with Gasteiger partial charge >= 0.3 is 6.18 Å². The van der Waals surface area contributed by atoms with Crippen LogP contribution in [0.4, 0.5) is 19.0 Å². The lowest BCUT2D eigenvalue weighted by Crippen LogP contribution is -2.23. The van der Waals surface area contributed by atoms with Crippen molar-refractivity contribution in [1.29, 1.82) is 0 Å². The second-order valence-corrected chi connectivity index (χ2v) is 5.70. The number of alkyl halides is 3. The number of hydrogen-bond donors (Lipinski definition) is 1. The maximum atomic E-state index is 12.9. The predicted molar refractivity (Wildman–Crippen MR) is 95.2 cm³/mol. The standard InChI is InChI=1S/C19H16F3N3O2/c1-27-16-7-2-4-13(10-16)12-24-17-18(26)25(9-8-23-17)15-6-3-5-14(11-15)19(20,21)22/h2-11H,12H2,1H3,(H,23,24). The zero-order valence-electron chi connectivity index (χ0n) is 14.3. The van der Waals surface area contributed by atoms with Gasteiger partial charge in [-0.05, 0) is 35.9 Å².